The maximum atomic E-state index is 11.5. The average Bonchev–Trinajstić information content (AvgIpc) is 2.63. The molecule has 0 saturated carbocycles. The quantitative estimate of drug-likeness (QED) is 0.230. The molecular weight excluding hydrogens is 382 g/mol. The van der Waals surface area contributed by atoms with Crippen LogP contribution in [0.25, 0.3) is 0 Å². The molecule has 0 aliphatic carbocycles. The minimum atomic E-state index is -2.30. The van der Waals surface area contributed by atoms with E-state index in [0.29, 0.717) is 0 Å². The summed E-state index contributed by atoms with van der Waals surface area (Å²) in [6.45, 7) is 2.29. The monoisotopic (exact) mass is 410 g/mol. The molecule has 2 fully saturated rings. The highest BCUT2D eigenvalue weighted by Crippen LogP contribution is 2.30. The minimum absolute atomic E-state index is 0.443. The van der Waals surface area contributed by atoms with E-state index >= 15 is 0 Å². The Labute approximate surface area is 161 Å². The van der Waals surface area contributed by atoms with E-state index in [9.17, 15) is 35.4 Å². The lowest BCUT2D eigenvalue weighted by molar-refractivity contribution is -0.518. The van der Waals surface area contributed by atoms with Gasteiger partial charge in [-0.05, 0) is 6.92 Å². The topological polar surface area (TPSA) is 190 Å². The zero-order chi connectivity index (χ0) is 21.2. The summed E-state index contributed by atoms with van der Waals surface area (Å²) in [5, 5.41) is 63.8. The zero-order valence-electron chi connectivity index (χ0n) is 15.7. The van der Waals surface area contributed by atoms with Gasteiger partial charge in [0.25, 0.3) is 0 Å². The summed E-state index contributed by atoms with van der Waals surface area (Å²) >= 11 is 0. The molecule has 0 radical (unpaired) electrons. The van der Waals surface area contributed by atoms with E-state index in [1.165, 1.54) is 14.0 Å². The van der Waals surface area contributed by atoms with E-state index in [-0.39, 0.29) is 0 Å². The van der Waals surface area contributed by atoms with Crippen LogP contribution in [-0.2, 0) is 23.7 Å². The van der Waals surface area contributed by atoms with Gasteiger partial charge in [-0.3, -0.25) is 4.79 Å². The molecule has 1 amide bonds. The maximum Gasteiger partial charge on any atom is 0.217 e. The molecule has 0 aromatic rings. The Bertz CT molecular complexity index is 521. The molecule has 12 nitrogen and oxygen atoms in total. The molecule has 164 valence electrons. The fourth-order valence-corrected chi connectivity index (χ4v) is 3.52. The highest BCUT2D eigenvalue weighted by molar-refractivity contribution is 5.73. The van der Waals surface area contributed by atoms with Crippen molar-refractivity contribution < 1.29 is 54.4 Å². The van der Waals surface area contributed by atoms with Crippen LogP contribution in [0.4, 0.5) is 0 Å². The van der Waals surface area contributed by atoms with E-state index < -0.39 is 80.0 Å². The normalized spacial score (nSPS) is 45.5. The van der Waals surface area contributed by atoms with E-state index in [4.69, 9.17) is 18.9 Å². The molecule has 6 N–H and O–H groups in total. The van der Waals surface area contributed by atoms with Gasteiger partial charge in [0.15, 0.2) is 6.29 Å². The predicted molar refractivity (Wildman–Crippen MR) is 87.4 cm³/mol. The van der Waals surface area contributed by atoms with Crippen LogP contribution in [-0.4, -0.2) is 113 Å². The third-order valence-electron chi connectivity index (χ3n) is 4.94. The van der Waals surface area contributed by atoms with E-state index in [1.54, 1.807) is 6.92 Å². The molecule has 2 saturated heterocycles. The zero-order valence-corrected chi connectivity index (χ0v) is 15.7. The number of carbonyl (C=O) groups is 1. The van der Waals surface area contributed by atoms with Gasteiger partial charge in [-0.1, -0.05) is 0 Å². The fraction of sp³-hybridized carbons (Fsp3) is 0.938. The summed E-state index contributed by atoms with van der Waals surface area (Å²) in [4.78, 5) is 11.5. The molecule has 2 heterocycles. The van der Waals surface area contributed by atoms with Crippen LogP contribution in [0.1, 0.15) is 13.8 Å². The molecule has 11 atom stereocenters. The van der Waals surface area contributed by atoms with Gasteiger partial charge in [-0.25, -0.2) is 0 Å². The fourth-order valence-electron chi connectivity index (χ4n) is 3.52. The first-order chi connectivity index (χ1) is 13.1. The second-order valence-electron chi connectivity index (χ2n) is 6.92. The summed E-state index contributed by atoms with van der Waals surface area (Å²) in [6, 6.07) is -0.890. The van der Waals surface area contributed by atoms with Gasteiger partial charge in [-0.15, -0.1) is 0 Å². The van der Waals surface area contributed by atoms with Crippen molar-refractivity contribution in [1.82, 2.24) is 5.32 Å². The number of amides is 1. The molecular formula is C16H28NO11-. The van der Waals surface area contributed by atoms with Crippen LogP contribution in [0.5, 0.6) is 0 Å². The molecule has 0 bridgehead atoms. The van der Waals surface area contributed by atoms with Gasteiger partial charge in [0, 0.05) is 20.3 Å². The number of ether oxygens (including phenoxy) is 4. The first kappa shape index (κ1) is 23.3. The van der Waals surface area contributed by atoms with Crippen molar-refractivity contribution in [2.45, 2.75) is 81.3 Å². The number of methoxy groups -OCH3 is 1. The average molecular weight is 410 g/mol. The van der Waals surface area contributed by atoms with Crippen LogP contribution in [0.3, 0.4) is 0 Å². The number of aliphatic hydroxyl groups is 5. The number of hydrogen-bond acceptors (Lipinski definition) is 11. The van der Waals surface area contributed by atoms with Gasteiger partial charge in [0.1, 0.15) is 42.7 Å². The summed E-state index contributed by atoms with van der Waals surface area (Å²) in [6.07, 6.45) is -14.5. The van der Waals surface area contributed by atoms with E-state index in [1.807, 2.05) is 0 Å². The van der Waals surface area contributed by atoms with Gasteiger partial charge in [-0.2, -0.15) is 0 Å². The smallest absolute Gasteiger partial charge is 0.217 e. The van der Waals surface area contributed by atoms with Gasteiger partial charge in [0.05, 0.1) is 18.8 Å². The number of rotatable bonds is 6. The van der Waals surface area contributed by atoms with Crippen molar-refractivity contribution >= 4 is 5.91 Å². The van der Waals surface area contributed by atoms with Gasteiger partial charge in [0.2, 0.25) is 5.91 Å². The number of hydrogen-bond donors (Lipinski definition) is 6. The van der Waals surface area contributed by atoms with Crippen LogP contribution >= 0.6 is 0 Å². The first-order valence-corrected chi connectivity index (χ1v) is 8.87. The van der Waals surface area contributed by atoms with Crippen molar-refractivity contribution in [1.29, 1.82) is 0 Å². The molecule has 12 heteroatoms. The number of carbonyl (C=O) groups excluding carboxylic acids is 1. The Morgan fingerprint density at radius 2 is 1.82 bits per heavy atom. The largest absolute Gasteiger partial charge is 0.829 e. The standard InChI is InChI=1S/C16H28NO11/c1-5-8(17-6(2)19)12(9(20)7(4-18)26-5)27-16-11(22)10(21)13(25-3)14(28-16)15(23)24/h5,7-16,18,20-23H,4H2,1-3H3,(H,17,19)/q-1/t5?,7?,8?,9-,10-,11?,12-,13+,14?,15?,16-/m1/s1. The third-order valence-corrected chi connectivity index (χ3v) is 4.94. The first-order valence-electron chi connectivity index (χ1n) is 8.87. The highest BCUT2D eigenvalue weighted by atomic mass is 16.7. The lowest BCUT2D eigenvalue weighted by Crippen LogP contribution is -2.68. The van der Waals surface area contributed by atoms with Gasteiger partial charge >= 0.3 is 0 Å². The van der Waals surface area contributed by atoms with Gasteiger partial charge < -0.3 is 54.9 Å². The van der Waals surface area contributed by atoms with E-state index in [2.05, 4.69) is 5.32 Å². The minimum Gasteiger partial charge on any atom is -0.829 e. The Hall–Kier alpha value is -0.930. The van der Waals surface area contributed by atoms with Crippen LogP contribution in [0.2, 0.25) is 0 Å². The molecule has 2 aliphatic rings. The molecule has 2 rings (SSSR count). The predicted octanol–water partition coefficient (Wildman–Crippen LogP) is -4.84. The van der Waals surface area contributed by atoms with Crippen molar-refractivity contribution in [2.24, 2.45) is 0 Å². The number of nitrogens with one attached hydrogen (secondary N) is 1. The molecule has 28 heavy (non-hydrogen) atoms. The van der Waals surface area contributed by atoms with Crippen molar-refractivity contribution in [3.05, 3.63) is 0 Å². The Balaban J connectivity index is 2.25. The molecule has 0 spiro atoms. The summed E-state index contributed by atoms with van der Waals surface area (Å²) < 4.78 is 21.3. The summed E-state index contributed by atoms with van der Waals surface area (Å²) in [5.74, 6) is -0.443. The second-order valence-corrected chi connectivity index (χ2v) is 6.92. The second kappa shape index (κ2) is 9.71. The lowest BCUT2D eigenvalue weighted by Gasteiger charge is -2.49. The van der Waals surface area contributed by atoms with Crippen molar-refractivity contribution in [2.75, 3.05) is 13.7 Å². The molecule has 0 aromatic carbocycles. The molecule has 2 aliphatic heterocycles. The summed E-state index contributed by atoms with van der Waals surface area (Å²) in [7, 11) is 1.17. The molecule has 0 aromatic heterocycles. The third kappa shape index (κ3) is 4.79. The number of aliphatic hydroxyl groups excluding tert-OH is 5. The van der Waals surface area contributed by atoms with Crippen LogP contribution in [0, 0.1) is 0 Å². The van der Waals surface area contributed by atoms with E-state index in [0.717, 1.165) is 0 Å². The maximum absolute atomic E-state index is 11.5. The van der Waals surface area contributed by atoms with Crippen LogP contribution in [0.15, 0.2) is 0 Å². The lowest BCUT2D eigenvalue weighted by atomic mass is 9.92. The summed E-state index contributed by atoms with van der Waals surface area (Å²) in [5.41, 5.74) is 0. The van der Waals surface area contributed by atoms with Crippen LogP contribution < -0.4 is 10.4 Å². The Kier molecular flexibility index (Phi) is 8.10. The molecule has 6 unspecified atom stereocenters. The SMILES string of the molecule is CO[C@@H]1C(C([O-])O)O[C@@H](O[C@@H]2C(NC(C)=O)C(C)OC(CO)[C@H]2O)C(O)[C@H]1O. The Morgan fingerprint density at radius 1 is 1.18 bits per heavy atom. The Morgan fingerprint density at radius 3 is 2.32 bits per heavy atom. The highest BCUT2D eigenvalue weighted by Gasteiger charge is 2.51. The van der Waals surface area contributed by atoms with Crippen molar-refractivity contribution in [3.8, 4) is 0 Å². The van der Waals surface area contributed by atoms with Crippen molar-refractivity contribution in [3.63, 3.8) is 0 Å².